The number of anilines is 1. The second-order valence-corrected chi connectivity index (χ2v) is 5.06. The maximum Gasteiger partial charge on any atom is 0.337 e. The van der Waals surface area contributed by atoms with E-state index in [-0.39, 0.29) is 11.5 Å². The maximum atomic E-state index is 12.1. The molecule has 0 bridgehead atoms. The summed E-state index contributed by atoms with van der Waals surface area (Å²) < 4.78 is 0.678. The average Bonchev–Trinajstić information content (AvgIpc) is 2.38. The molecule has 0 unspecified atom stereocenters. The van der Waals surface area contributed by atoms with Crippen molar-refractivity contribution in [2.75, 3.05) is 5.32 Å². The highest BCUT2D eigenvalue weighted by Crippen LogP contribution is 2.20. The lowest BCUT2D eigenvalue weighted by Crippen LogP contribution is -2.13. The molecule has 0 aliphatic heterocycles. The van der Waals surface area contributed by atoms with Crippen molar-refractivity contribution in [1.82, 2.24) is 4.98 Å². The molecule has 5 nitrogen and oxygen atoms in total. The molecule has 1 aromatic heterocycles. The number of halogens is 1. The number of carboxylic acids is 1. The van der Waals surface area contributed by atoms with Crippen molar-refractivity contribution in [2.24, 2.45) is 0 Å². The van der Waals surface area contributed by atoms with Crippen LogP contribution >= 0.6 is 15.9 Å². The summed E-state index contributed by atoms with van der Waals surface area (Å²) in [6, 6.07) is 6.71. The van der Waals surface area contributed by atoms with Crippen LogP contribution in [0.1, 0.15) is 26.3 Å². The lowest BCUT2D eigenvalue weighted by atomic mass is 10.1. The molecular weight excluding hydrogens is 324 g/mol. The molecule has 0 saturated heterocycles. The van der Waals surface area contributed by atoms with E-state index in [1.54, 1.807) is 6.07 Å². The Bertz CT molecular complexity index is 686. The van der Waals surface area contributed by atoms with Gasteiger partial charge in [0.2, 0.25) is 0 Å². The van der Waals surface area contributed by atoms with Gasteiger partial charge in [0.05, 0.1) is 23.0 Å². The number of aromatic carboxylic acids is 1. The highest BCUT2D eigenvalue weighted by molar-refractivity contribution is 9.10. The minimum absolute atomic E-state index is 0.0192. The number of rotatable bonds is 3. The van der Waals surface area contributed by atoms with E-state index in [0.29, 0.717) is 15.7 Å². The van der Waals surface area contributed by atoms with Crippen LogP contribution in [0, 0.1) is 6.92 Å². The zero-order valence-corrected chi connectivity index (χ0v) is 12.1. The Morgan fingerprint density at radius 2 is 2.00 bits per heavy atom. The number of amides is 1. The molecule has 0 radical (unpaired) electrons. The summed E-state index contributed by atoms with van der Waals surface area (Å²) in [4.78, 5) is 26.7. The van der Waals surface area contributed by atoms with Gasteiger partial charge in [0.25, 0.3) is 5.91 Å². The maximum absolute atomic E-state index is 12.1. The second-order valence-electron chi connectivity index (χ2n) is 4.20. The summed E-state index contributed by atoms with van der Waals surface area (Å²) in [7, 11) is 0. The van der Waals surface area contributed by atoms with Gasteiger partial charge in [-0.25, -0.2) is 4.79 Å². The first-order valence-corrected chi connectivity index (χ1v) is 6.52. The molecular formula is C14H11BrN2O3. The normalized spacial score (nSPS) is 10.1. The van der Waals surface area contributed by atoms with E-state index in [2.05, 4.69) is 26.2 Å². The molecule has 20 heavy (non-hydrogen) atoms. The summed E-state index contributed by atoms with van der Waals surface area (Å²) in [6.07, 6.45) is 2.62. The molecule has 0 spiro atoms. The van der Waals surface area contributed by atoms with E-state index in [4.69, 9.17) is 5.11 Å². The molecule has 1 aromatic carbocycles. The van der Waals surface area contributed by atoms with Crippen molar-refractivity contribution in [3.8, 4) is 0 Å². The molecule has 2 rings (SSSR count). The van der Waals surface area contributed by atoms with Crippen molar-refractivity contribution in [1.29, 1.82) is 0 Å². The third-order valence-corrected chi connectivity index (χ3v) is 3.27. The van der Waals surface area contributed by atoms with E-state index in [0.717, 1.165) is 5.56 Å². The van der Waals surface area contributed by atoms with Crippen molar-refractivity contribution < 1.29 is 14.7 Å². The van der Waals surface area contributed by atoms with Gasteiger partial charge in [-0.3, -0.25) is 9.78 Å². The first-order chi connectivity index (χ1) is 9.47. The van der Waals surface area contributed by atoms with Crippen LogP contribution in [0.3, 0.4) is 0 Å². The Morgan fingerprint density at radius 1 is 1.25 bits per heavy atom. The number of nitrogens with zero attached hydrogens (tertiary/aromatic N) is 1. The molecule has 6 heteroatoms. The van der Waals surface area contributed by atoms with E-state index < -0.39 is 5.97 Å². The third kappa shape index (κ3) is 3.21. The SMILES string of the molecule is Cc1ccc(C(=O)Nc2cncc(C(=O)O)c2)c(Br)c1. The predicted octanol–water partition coefficient (Wildman–Crippen LogP) is 3.10. The van der Waals surface area contributed by atoms with Crippen molar-refractivity contribution >= 4 is 33.5 Å². The van der Waals surface area contributed by atoms with Crippen LogP contribution < -0.4 is 5.32 Å². The largest absolute Gasteiger partial charge is 0.478 e. The van der Waals surface area contributed by atoms with Gasteiger partial charge in [0.15, 0.2) is 0 Å². The molecule has 0 aliphatic rings. The second kappa shape index (κ2) is 5.83. The number of carbonyl (C=O) groups is 2. The van der Waals surface area contributed by atoms with Crippen LogP contribution in [0.25, 0.3) is 0 Å². The molecule has 0 aliphatic carbocycles. The van der Waals surface area contributed by atoms with E-state index in [1.165, 1.54) is 18.5 Å². The number of pyridine rings is 1. The van der Waals surface area contributed by atoms with Gasteiger partial charge < -0.3 is 10.4 Å². The summed E-state index contributed by atoms with van der Waals surface area (Å²) in [6.45, 7) is 1.92. The Labute approximate surface area is 123 Å². The smallest absolute Gasteiger partial charge is 0.337 e. The minimum atomic E-state index is -1.09. The summed E-state index contributed by atoms with van der Waals surface area (Å²) in [5.41, 5.74) is 1.85. The van der Waals surface area contributed by atoms with Crippen LogP contribution in [-0.4, -0.2) is 22.0 Å². The third-order valence-electron chi connectivity index (χ3n) is 2.61. The van der Waals surface area contributed by atoms with Gasteiger partial charge in [0, 0.05) is 10.7 Å². The highest BCUT2D eigenvalue weighted by Gasteiger charge is 2.11. The van der Waals surface area contributed by atoms with Crippen LogP contribution in [0.15, 0.2) is 41.1 Å². The number of hydrogen-bond acceptors (Lipinski definition) is 3. The number of carbonyl (C=O) groups excluding carboxylic acids is 1. The van der Waals surface area contributed by atoms with Gasteiger partial charge in [-0.15, -0.1) is 0 Å². The van der Waals surface area contributed by atoms with Crippen LogP contribution in [0.4, 0.5) is 5.69 Å². The minimum Gasteiger partial charge on any atom is -0.478 e. The van der Waals surface area contributed by atoms with Crippen LogP contribution in [-0.2, 0) is 0 Å². The topological polar surface area (TPSA) is 79.3 Å². The highest BCUT2D eigenvalue weighted by atomic mass is 79.9. The fourth-order valence-electron chi connectivity index (χ4n) is 1.63. The summed E-state index contributed by atoms with van der Waals surface area (Å²) in [5, 5.41) is 11.5. The van der Waals surface area contributed by atoms with Gasteiger partial charge in [0.1, 0.15) is 0 Å². The zero-order chi connectivity index (χ0) is 14.7. The number of benzene rings is 1. The predicted molar refractivity (Wildman–Crippen MR) is 78.0 cm³/mol. The molecule has 1 amide bonds. The summed E-state index contributed by atoms with van der Waals surface area (Å²) in [5.74, 6) is -1.42. The number of carboxylic acid groups (broad SMARTS) is 1. The fourth-order valence-corrected chi connectivity index (χ4v) is 2.30. The molecule has 1 heterocycles. The van der Waals surface area contributed by atoms with Gasteiger partial charge >= 0.3 is 5.97 Å². The monoisotopic (exact) mass is 334 g/mol. The first kappa shape index (κ1) is 14.2. The molecule has 0 fully saturated rings. The Morgan fingerprint density at radius 3 is 2.65 bits per heavy atom. The van der Waals surface area contributed by atoms with Crippen molar-refractivity contribution in [2.45, 2.75) is 6.92 Å². The van der Waals surface area contributed by atoms with Gasteiger partial charge in [-0.2, -0.15) is 0 Å². The number of hydrogen-bond donors (Lipinski definition) is 2. The Hall–Kier alpha value is -2.21. The van der Waals surface area contributed by atoms with Crippen LogP contribution in [0.2, 0.25) is 0 Å². The molecule has 0 saturated carbocycles. The molecule has 102 valence electrons. The Kier molecular flexibility index (Phi) is 4.14. The number of aromatic nitrogens is 1. The van der Waals surface area contributed by atoms with E-state index >= 15 is 0 Å². The van der Waals surface area contributed by atoms with Crippen LogP contribution in [0.5, 0.6) is 0 Å². The lowest BCUT2D eigenvalue weighted by Gasteiger charge is -2.07. The zero-order valence-electron chi connectivity index (χ0n) is 10.6. The van der Waals surface area contributed by atoms with Gasteiger partial charge in [-0.1, -0.05) is 6.07 Å². The van der Waals surface area contributed by atoms with E-state index in [9.17, 15) is 9.59 Å². The van der Waals surface area contributed by atoms with Crippen molar-refractivity contribution in [3.05, 3.63) is 57.8 Å². The lowest BCUT2D eigenvalue weighted by molar-refractivity contribution is 0.0696. The standard InChI is InChI=1S/C14H11BrN2O3/c1-8-2-3-11(12(15)4-8)13(18)17-10-5-9(14(19)20)6-16-7-10/h2-7H,1H3,(H,17,18)(H,19,20). The quantitative estimate of drug-likeness (QED) is 0.903. The van der Waals surface area contributed by atoms with Gasteiger partial charge in [-0.05, 0) is 46.6 Å². The molecule has 2 aromatic rings. The fraction of sp³-hybridized carbons (Fsp3) is 0.0714. The number of nitrogens with one attached hydrogen (secondary N) is 1. The Balaban J connectivity index is 2.23. The summed E-state index contributed by atoms with van der Waals surface area (Å²) >= 11 is 3.33. The first-order valence-electron chi connectivity index (χ1n) is 5.73. The van der Waals surface area contributed by atoms with E-state index in [1.807, 2.05) is 19.1 Å². The number of aryl methyl sites for hydroxylation is 1. The molecule has 2 N–H and O–H groups in total. The molecule has 0 atom stereocenters. The van der Waals surface area contributed by atoms with Crippen molar-refractivity contribution in [3.63, 3.8) is 0 Å². The average molecular weight is 335 g/mol.